The summed E-state index contributed by atoms with van der Waals surface area (Å²) in [6.45, 7) is 1.02. The highest BCUT2D eigenvalue weighted by molar-refractivity contribution is 6.32. The number of hydrogen-bond acceptors (Lipinski definition) is 10. The second-order valence-electron chi connectivity index (χ2n) is 9.49. The summed E-state index contributed by atoms with van der Waals surface area (Å²) >= 11 is 6.35. The molecule has 4 aromatic rings. The molecule has 1 saturated heterocycles. The predicted octanol–water partition coefficient (Wildman–Crippen LogP) is 3.11. The number of likely N-dealkylation sites (tertiary alicyclic amines) is 1. The number of nitrogens with zero attached hydrogens (tertiary/aromatic N) is 7. The van der Waals surface area contributed by atoms with E-state index in [1.807, 2.05) is 30.5 Å². The molecule has 1 fully saturated rings. The number of carbonyl (C=O) groups is 2. The number of pyridine rings is 1. The number of aromatic nitrogens is 7. The van der Waals surface area contributed by atoms with Gasteiger partial charge >= 0.3 is 0 Å². The lowest BCUT2D eigenvalue weighted by Crippen LogP contribution is -2.30. The lowest BCUT2D eigenvalue weighted by molar-refractivity contribution is -0.117. The lowest BCUT2D eigenvalue weighted by Gasteiger charge is -2.16. The highest BCUT2D eigenvalue weighted by Gasteiger charge is 2.30. The van der Waals surface area contributed by atoms with Crippen molar-refractivity contribution < 1.29 is 9.59 Å². The summed E-state index contributed by atoms with van der Waals surface area (Å²) in [5.41, 5.74) is 4.27. The van der Waals surface area contributed by atoms with Crippen molar-refractivity contribution in [2.24, 2.45) is 5.92 Å². The van der Waals surface area contributed by atoms with Crippen molar-refractivity contribution >= 4 is 52.2 Å². The summed E-state index contributed by atoms with van der Waals surface area (Å²) in [6, 6.07) is 7.72. The second-order valence-corrected chi connectivity index (χ2v) is 9.89. The van der Waals surface area contributed by atoms with Crippen molar-refractivity contribution in [2.75, 3.05) is 29.0 Å². The third kappa shape index (κ3) is 5.62. The van der Waals surface area contributed by atoms with Crippen molar-refractivity contribution in [2.45, 2.75) is 25.7 Å². The quantitative estimate of drug-likeness (QED) is 0.299. The van der Waals surface area contributed by atoms with E-state index in [1.165, 1.54) is 6.20 Å². The summed E-state index contributed by atoms with van der Waals surface area (Å²) in [6.07, 6.45) is 7.47. The zero-order valence-corrected chi connectivity index (χ0v) is 21.4. The van der Waals surface area contributed by atoms with Crippen molar-refractivity contribution in [3.8, 4) is 0 Å². The number of aryl methyl sites for hydroxylation is 2. The smallest absolute Gasteiger partial charge is 0.295 e. The van der Waals surface area contributed by atoms with Gasteiger partial charge in [0.15, 0.2) is 5.82 Å². The van der Waals surface area contributed by atoms with Crippen LogP contribution in [0.5, 0.6) is 0 Å². The van der Waals surface area contributed by atoms with Crippen molar-refractivity contribution in [3.63, 3.8) is 0 Å². The molecule has 2 aliphatic heterocycles. The zero-order chi connectivity index (χ0) is 26.8. The van der Waals surface area contributed by atoms with Crippen molar-refractivity contribution in [1.82, 2.24) is 40.5 Å². The highest BCUT2D eigenvalue weighted by Crippen LogP contribution is 2.30. The average molecular weight is 546 g/mol. The molecule has 198 valence electrons. The Morgan fingerprint density at radius 1 is 1.10 bits per heavy atom. The van der Waals surface area contributed by atoms with Gasteiger partial charge in [0.25, 0.3) is 11.7 Å². The van der Waals surface area contributed by atoms with Gasteiger partial charge in [-0.05, 0) is 65.8 Å². The first-order valence-corrected chi connectivity index (χ1v) is 12.8. The van der Waals surface area contributed by atoms with Crippen molar-refractivity contribution in [1.29, 1.82) is 0 Å². The third-order valence-corrected chi connectivity index (χ3v) is 6.98. The SMILES string of the molecule is O=C(C[C@H]1CCN(C(=O)c2nn[nH]n2)C1)Nc1ccc2cc1CCc1cncc(c1)Nc1ncc(Cl)c(n1)N2. The fourth-order valence-electron chi connectivity index (χ4n) is 4.79. The summed E-state index contributed by atoms with van der Waals surface area (Å²) < 4.78 is 0. The summed E-state index contributed by atoms with van der Waals surface area (Å²) in [5.74, 6) is 0.540. The largest absolute Gasteiger partial charge is 0.339 e. The van der Waals surface area contributed by atoms with E-state index < -0.39 is 0 Å². The van der Waals surface area contributed by atoms with Crippen LogP contribution < -0.4 is 16.0 Å². The van der Waals surface area contributed by atoms with Gasteiger partial charge in [0, 0.05) is 37.1 Å². The van der Waals surface area contributed by atoms with Gasteiger partial charge < -0.3 is 20.9 Å². The molecule has 0 spiro atoms. The van der Waals surface area contributed by atoms with E-state index in [-0.39, 0.29) is 23.6 Å². The minimum Gasteiger partial charge on any atom is -0.339 e. The first-order chi connectivity index (χ1) is 19.0. The lowest BCUT2D eigenvalue weighted by atomic mass is 10.0. The molecule has 1 aromatic carbocycles. The Balaban J connectivity index is 1.19. The van der Waals surface area contributed by atoms with Crippen LogP contribution >= 0.6 is 11.6 Å². The number of amides is 2. The number of tetrazole rings is 1. The van der Waals surface area contributed by atoms with Crippen LogP contribution in [0.3, 0.4) is 0 Å². The zero-order valence-electron chi connectivity index (χ0n) is 20.7. The van der Waals surface area contributed by atoms with Crippen LogP contribution in [-0.4, -0.2) is 65.4 Å². The maximum Gasteiger partial charge on any atom is 0.295 e. The Hall–Kier alpha value is -4.65. The van der Waals surface area contributed by atoms with Crippen LogP contribution in [0, 0.1) is 5.92 Å². The van der Waals surface area contributed by atoms with E-state index in [4.69, 9.17) is 11.6 Å². The maximum atomic E-state index is 13.0. The highest BCUT2D eigenvalue weighted by atomic mass is 35.5. The molecular formula is C25H24ClN11O2. The molecule has 13 nitrogen and oxygen atoms in total. The molecular weight excluding hydrogens is 522 g/mol. The van der Waals surface area contributed by atoms with Gasteiger partial charge in [-0.25, -0.2) is 4.98 Å². The molecule has 1 atom stereocenters. The molecule has 0 radical (unpaired) electrons. The van der Waals surface area contributed by atoms with Crippen LogP contribution in [0.1, 0.15) is 34.6 Å². The molecule has 2 aliphatic rings. The number of carbonyl (C=O) groups excluding carboxylic acids is 2. The minimum atomic E-state index is -0.286. The first-order valence-electron chi connectivity index (χ1n) is 12.5. The molecule has 6 bridgehead atoms. The molecule has 0 aliphatic carbocycles. The monoisotopic (exact) mass is 545 g/mol. The summed E-state index contributed by atoms with van der Waals surface area (Å²) in [5, 5.41) is 23.1. The van der Waals surface area contributed by atoms with E-state index in [9.17, 15) is 9.59 Å². The number of fused-ring (bicyclic) bond motifs is 6. The van der Waals surface area contributed by atoms with Crippen LogP contribution in [0.4, 0.5) is 28.8 Å². The predicted molar refractivity (Wildman–Crippen MR) is 143 cm³/mol. The van der Waals surface area contributed by atoms with Gasteiger partial charge in [0.1, 0.15) is 5.02 Å². The van der Waals surface area contributed by atoms with Crippen LogP contribution in [-0.2, 0) is 17.6 Å². The molecule has 14 heteroatoms. The molecule has 0 saturated carbocycles. The van der Waals surface area contributed by atoms with Crippen LogP contribution in [0.15, 0.2) is 42.9 Å². The topological polar surface area (TPSA) is 167 Å². The fourth-order valence-corrected chi connectivity index (χ4v) is 4.93. The van der Waals surface area contributed by atoms with E-state index in [0.29, 0.717) is 49.1 Å². The van der Waals surface area contributed by atoms with Gasteiger partial charge in [-0.2, -0.15) is 10.2 Å². The average Bonchev–Trinajstić information content (AvgIpc) is 3.63. The minimum absolute atomic E-state index is 0.0322. The maximum absolute atomic E-state index is 13.0. The standard InChI is InChI=1S/C25H24ClN11O2/c26-19-12-28-25-30-18-7-14(10-27-11-18)1-2-16-9-17(29-22(19)32-25)3-4-20(16)31-21(38)8-15-5-6-37(13-15)24(39)23-33-35-36-34-23/h3-4,7,9-12,15H,1-2,5-6,8,13H2,(H,31,38)(H2,28,29,30,32)(H,33,34,35,36)/t15-/m1/s1. The number of halogens is 1. The van der Waals surface area contributed by atoms with Gasteiger partial charge in [0.05, 0.1) is 18.1 Å². The molecule has 3 aromatic heterocycles. The van der Waals surface area contributed by atoms with E-state index in [2.05, 4.69) is 51.5 Å². The number of hydrogen-bond donors (Lipinski definition) is 4. The third-order valence-electron chi connectivity index (χ3n) is 6.70. The van der Waals surface area contributed by atoms with Gasteiger partial charge in [-0.3, -0.25) is 14.6 Å². The fraction of sp³-hybridized carbons (Fsp3) is 0.280. The normalized spacial score (nSPS) is 16.2. The second kappa shape index (κ2) is 10.6. The number of aromatic amines is 1. The summed E-state index contributed by atoms with van der Waals surface area (Å²) in [4.78, 5) is 40.3. The number of H-pyrrole nitrogens is 1. The van der Waals surface area contributed by atoms with Crippen LogP contribution in [0.25, 0.3) is 0 Å². The van der Waals surface area contributed by atoms with Crippen LogP contribution in [0.2, 0.25) is 5.02 Å². The number of benzene rings is 1. The number of rotatable bonds is 4. The molecule has 4 N–H and O–H groups in total. The van der Waals surface area contributed by atoms with Gasteiger partial charge in [-0.1, -0.05) is 11.6 Å². The Morgan fingerprint density at radius 2 is 2.03 bits per heavy atom. The Labute approximate surface area is 227 Å². The molecule has 6 rings (SSSR count). The summed E-state index contributed by atoms with van der Waals surface area (Å²) in [7, 11) is 0. The van der Waals surface area contributed by atoms with E-state index in [0.717, 1.165) is 34.6 Å². The number of nitrogens with one attached hydrogen (secondary N) is 4. The Morgan fingerprint density at radius 3 is 2.90 bits per heavy atom. The first kappa shape index (κ1) is 24.7. The molecule has 5 heterocycles. The Kier molecular flexibility index (Phi) is 6.71. The van der Waals surface area contributed by atoms with Gasteiger partial charge in [0.2, 0.25) is 11.9 Å². The van der Waals surface area contributed by atoms with Gasteiger partial charge in [-0.15, -0.1) is 10.2 Å². The van der Waals surface area contributed by atoms with E-state index >= 15 is 0 Å². The molecule has 2 amide bonds. The molecule has 39 heavy (non-hydrogen) atoms. The molecule has 0 unspecified atom stereocenters. The van der Waals surface area contributed by atoms with E-state index in [1.54, 1.807) is 11.1 Å². The number of anilines is 5. The van der Waals surface area contributed by atoms with Crippen molar-refractivity contribution in [3.05, 3.63) is 64.8 Å². The Bertz CT molecular complexity index is 1530.